The van der Waals surface area contributed by atoms with Crippen molar-refractivity contribution in [3.05, 3.63) is 12.2 Å². The normalized spacial score (nSPS) is 40.5. The van der Waals surface area contributed by atoms with Crippen LogP contribution in [0.3, 0.4) is 0 Å². The van der Waals surface area contributed by atoms with E-state index in [1.807, 2.05) is 62.3 Å². The summed E-state index contributed by atoms with van der Waals surface area (Å²) in [5, 5.41) is -5.78. The van der Waals surface area contributed by atoms with E-state index in [1.54, 1.807) is 6.92 Å². The molecule has 14 nitrogen and oxygen atoms in total. The van der Waals surface area contributed by atoms with Gasteiger partial charge in [0.25, 0.3) is 0 Å². The Morgan fingerprint density at radius 3 is 0.772 bits per heavy atom. The minimum Gasteiger partial charge on any atom is -0.462 e. The van der Waals surface area contributed by atoms with Crippen molar-refractivity contribution in [1.29, 1.82) is 0 Å². The summed E-state index contributed by atoms with van der Waals surface area (Å²) in [6.45, 7) is 48.5. The van der Waals surface area contributed by atoms with Crippen LogP contribution in [0.1, 0.15) is 159 Å². The van der Waals surface area contributed by atoms with Gasteiger partial charge >= 0.3 is 76.4 Å². The molecule has 0 spiro atoms. The van der Waals surface area contributed by atoms with Crippen molar-refractivity contribution in [3.8, 4) is 0 Å². The lowest BCUT2D eigenvalue weighted by Gasteiger charge is -2.70. The highest BCUT2D eigenvalue weighted by atomic mass is 28.6. The fraction of sp³-hybridized carbons (Fsp3) is 0.914. The average molecular weight is 944 g/mol. The van der Waals surface area contributed by atoms with Crippen molar-refractivity contribution in [2.24, 2.45) is 0 Å². The maximum Gasteiger partial charge on any atom is 0.484 e. The summed E-state index contributed by atoms with van der Waals surface area (Å²) in [4.78, 5) is 12.6. The largest absolute Gasteiger partial charge is 0.484 e. The molecule has 0 amide bonds. The van der Waals surface area contributed by atoms with Gasteiger partial charge in [-0.25, -0.2) is 4.79 Å². The Morgan fingerprint density at radius 2 is 0.596 bits per heavy atom. The van der Waals surface area contributed by atoms with E-state index in [4.69, 9.17) is 54.1 Å². The second-order valence-electron chi connectivity index (χ2n) is 23.6. The third-order valence-corrected chi connectivity index (χ3v) is 51.1. The summed E-state index contributed by atoms with van der Waals surface area (Å²) in [7, 11) is -34.3. The van der Waals surface area contributed by atoms with Crippen molar-refractivity contribution in [3.63, 3.8) is 0 Å². The van der Waals surface area contributed by atoms with Crippen LogP contribution in [0.25, 0.3) is 0 Å². The Bertz CT molecular complexity index is 1440. The maximum absolute atomic E-state index is 12.6. The van der Waals surface area contributed by atoms with Gasteiger partial charge < -0.3 is 54.1 Å². The maximum atomic E-state index is 12.6. The SMILES string of the molecule is C=C(C)C(=O)OCCC[Si]12O[Si]3(C(C)(C)C)O[Si]4(C(C)(C)C)O[Si](C(C)(C)C)(O1)O[Si]1(C(C)(C)C)O[Si](C(C)(C)C)(O2)O[Si](C(C)(C)C)(O3)O[Si](C(C)(C)C)(O4)O1. The van der Waals surface area contributed by atoms with E-state index in [2.05, 4.69) is 89.7 Å². The molecule has 330 valence electrons. The average Bonchev–Trinajstić information content (AvgIpc) is 2.89. The van der Waals surface area contributed by atoms with E-state index in [0.29, 0.717) is 12.0 Å². The lowest BCUT2D eigenvalue weighted by Crippen LogP contribution is -2.93. The van der Waals surface area contributed by atoms with E-state index >= 15 is 0 Å². The number of hydrogen-bond donors (Lipinski definition) is 0. The summed E-state index contributed by atoms with van der Waals surface area (Å²) in [5.41, 5.74) is 0.303. The van der Waals surface area contributed by atoms with Crippen molar-refractivity contribution in [2.75, 3.05) is 6.61 Å². The van der Waals surface area contributed by atoms with E-state index in [0.717, 1.165) is 0 Å². The highest BCUT2D eigenvalue weighted by molar-refractivity contribution is 7.05. The van der Waals surface area contributed by atoms with Gasteiger partial charge in [0.15, 0.2) is 0 Å². The van der Waals surface area contributed by atoms with Gasteiger partial charge in [0.05, 0.1) is 6.61 Å². The number of carbonyl (C=O) groups is 1. The lowest BCUT2D eigenvalue weighted by molar-refractivity contribution is -0.139. The number of rotatable bonds is 5. The van der Waals surface area contributed by atoms with Gasteiger partial charge in [-0.15, -0.1) is 0 Å². The van der Waals surface area contributed by atoms with E-state index in [1.165, 1.54) is 0 Å². The second kappa shape index (κ2) is 13.7. The van der Waals surface area contributed by atoms with Crippen molar-refractivity contribution in [1.82, 2.24) is 0 Å². The van der Waals surface area contributed by atoms with Gasteiger partial charge in [-0.05, 0) is 13.3 Å². The third kappa shape index (κ3) is 7.70. The summed E-state index contributed by atoms with van der Waals surface area (Å²) >= 11 is 0. The first-order valence-corrected chi connectivity index (χ1v) is 34.3. The zero-order valence-corrected chi connectivity index (χ0v) is 47.0. The predicted molar refractivity (Wildman–Crippen MR) is 232 cm³/mol. The third-order valence-electron chi connectivity index (χ3n) is 10.9. The van der Waals surface area contributed by atoms with Crippen LogP contribution in [0.4, 0.5) is 0 Å². The Morgan fingerprint density at radius 1 is 0.404 bits per heavy atom. The predicted octanol–water partition coefficient (Wildman–Crippen LogP) is 9.87. The molecule has 8 bridgehead atoms. The van der Waals surface area contributed by atoms with Gasteiger partial charge in [-0.1, -0.05) is 152 Å². The zero-order valence-electron chi connectivity index (χ0n) is 39.0. The highest BCUT2D eigenvalue weighted by Gasteiger charge is 2.90. The monoisotopic (exact) mass is 942 g/mol. The molecule has 6 heterocycles. The first kappa shape index (κ1) is 48.5. The molecule has 0 N–H and O–H groups in total. The molecule has 6 aliphatic heterocycles. The summed E-state index contributed by atoms with van der Waals surface area (Å²) in [5.74, 6) is -0.487. The Balaban J connectivity index is 2.05. The van der Waals surface area contributed by atoms with E-state index < -0.39 is 112 Å². The van der Waals surface area contributed by atoms with Crippen LogP contribution in [0.5, 0.6) is 0 Å². The first-order valence-electron chi connectivity index (χ1n) is 20.3. The van der Waals surface area contributed by atoms with Gasteiger partial charge in [0, 0.05) is 46.9 Å². The molecule has 0 aromatic carbocycles. The van der Waals surface area contributed by atoms with E-state index in [9.17, 15) is 4.79 Å². The molecule has 0 atom stereocenters. The molecule has 22 heteroatoms. The van der Waals surface area contributed by atoms with Crippen LogP contribution < -0.4 is 0 Å². The van der Waals surface area contributed by atoms with Crippen LogP contribution in [-0.2, 0) is 58.9 Å². The smallest absolute Gasteiger partial charge is 0.462 e. The van der Waals surface area contributed by atoms with Crippen molar-refractivity contribution in [2.45, 2.75) is 200 Å². The summed E-state index contributed by atoms with van der Waals surface area (Å²) in [6, 6.07) is 0.171. The summed E-state index contributed by atoms with van der Waals surface area (Å²) in [6.07, 6.45) is 0.304. The number of ether oxygens (including phenoxy) is 1. The number of hydrogen-bond acceptors (Lipinski definition) is 14. The number of carbonyl (C=O) groups excluding carboxylic acids is 1. The van der Waals surface area contributed by atoms with Crippen molar-refractivity contribution < 1.29 is 58.9 Å². The van der Waals surface area contributed by atoms with Crippen LogP contribution in [0, 0.1) is 0 Å². The molecule has 0 aromatic rings. The Kier molecular flexibility index (Phi) is 11.7. The van der Waals surface area contributed by atoms with Crippen molar-refractivity contribution >= 4 is 76.4 Å². The molecule has 6 rings (SSSR count). The molecule has 57 heavy (non-hydrogen) atoms. The molecule has 6 aliphatic rings. The molecular formula is C35H74O14Si8. The molecule has 0 unspecified atom stereocenters. The van der Waals surface area contributed by atoms with Crippen LogP contribution in [0.2, 0.25) is 41.3 Å². The molecule has 0 saturated carbocycles. The highest BCUT2D eigenvalue weighted by Crippen LogP contribution is 2.67. The molecular weight excluding hydrogens is 869 g/mol. The van der Waals surface area contributed by atoms with Crippen LogP contribution >= 0.6 is 0 Å². The minimum absolute atomic E-state index is 0.0525. The molecule has 0 radical (unpaired) electrons. The minimum atomic E-state index is -4.30. The van der Waals surface area contributed by atoms with Crippen LogP contribution in [0.15, 0.2) is 12.2 Å². The van der Waals surface area contributed by atoms with E-state index in [-0.39, 0.29) is 12.7 Å². The molecule has 6 saturated heterocycles. The van der Waals surface area contributed by atoms with Crippen LogP contribution in [-0.4, -0.2) is 83.0 Å². The quantitative estimate of drug-likeness (QED) is 0.112. The second-order valence-corrected chi connectivity index (χ2v) is 53.5. The summed E-state index contributed by atoms with van der Waals surface area (Å²) < 4.78 is 100. The fourth-order valence-corrected chi connectivity index (χ4v) is 64.8. The molecule has 0 aromatic heterocycles. The first-order chi connectivity index (χ1) is 25.1. The Labute approximate surface area is 352 Å². The molecule has 0 aliphatic carbocycles. The lowest BCUT2D eigenvalue weighted by atomic mass is 10.3. The van der Waals surface area contributed by atoms with Gasteiger partial charge in [-0.2, -0.15) is 0 Å². The standard InChI is InChI=1S/C35H74O14Si8/c1-27(2)28(36)37-25-24-26-50-38-51(29(3,4)5)41-54(32(12,13)14)43-52(39-50,30(6,7)8)45-56(34(18,19)20)46-53(40-50,31(9,10)11)44-55(42-51,33(15,16)17)48-57(47-54,49-56)35(21,22)23/h1,24-26H2,2-23H3. The molecule has 6 fully saturated rings. The number of esters is 1. The van der Waals surface area contributed by atoms with Gasteiger partial charge in [-0.3, -0.25) is 0 Å². The Hall–Kier alpha value is 0.465. The van der Waals surface area contributed by atoms with Gasteiger partial charge in [0.2, 0.25) is 0 Å². The topological polar surface area (TPSA) is 137 Å². The van der Waals surface area contributed by atoms with Gasteiger partial charge in [0.1, 0.15) is 0 Å². The zero-order chi connectivity index (χ0) is 44.0. The fourth-order valence-electron chi connectivity index (χ4n) is 6.65.